The molecule has 0 aromatic heterocycles. The topological polar surface area (TPSA) is 47.9 Å². The third-order valence-corrected chi connectivity index (χ3v) is 2.95. The Morgan fingerprint density at radius 2 is 1.59 bits per heavy atom. The molecule has 2 aromatic rings. The van der Waals surface area contributed by atoms with Gasteiger partial charge in [0.2, 0.25) is 0 Å². The molecule has 4 heteroatoms. The zero-order valence-corrected chi connectivity index (χ0v) is 12.9. The van der Waals surface area contributed by atoms with Crippen molar-refractivity contribution in [3.63, 3.8) is 0 Å². The van der Waals surface area contributed by atoms with E-state index < -0.39 is 6.29 Å². The van der Waals surface area contributed by atoms with Crippen molar-refractivity contribution in [3.8, 4) is 11.5 Å². The molecule has 1 unspecified atom stereocenters. The molecule has 0 fully saturated rings. The van der Waals surface area contributed by atoms with E-state index in [4.69, 9.17) is 14.2 Å². The van der Waals surface area contributed by atoms with Crippen molar-refractivity contribution in [2.45, 2.75) is 32.8 Å². The Labute approximate surface area is 131 Å². The molecule has 22 heavy (non-hydrogen) atoms. The Balaban J connectivity index is 1.94. The third-order valence-electron chi connectivity index (χ3n) is 2.95. The first kappa shape index (κ1) is 16.5. The maximum absolute atomic E-state index is 9.75. The Bertz CT molecular complexity index is 554. The molecule has 1 atom stereocenters. The molecular formula is C18H22O4. The number of aliphatic hydroxyl groups excluding tert-OH is 1. The SMILES string of the molecule is CC(C)OCC(O)OCc1ccccc1Oc1ccccc1. The van der Waals surface area contributed by atoms with Gasteiger partial charge in [0.15, 0.2) is 6.29 Å². The summed E-state index contributed by atoms with van der Waals surface area (Å²) in [5, 5.41) is 9.75. The molecule has 0 bridgehead atoms. The van der Waals surface area contributed by atoms with Crippen LogP contribution < -0.4 is 4.74 Å². The van der Waals surface area contributed by atoms with Crippen LogP contribution in [0.2, 0.25) is 0 Å². The van der Waals surface area contributed by atoms with Crippen LogP contribution in [0, 0.1) is 0 Å². The van der Waals surface area contributed by atoms with Crippen molar-refractivity contribution in [1.29, 1.82) is 0 Å². The average molecular weight is 302 g/mol. The molecule has 118 valence electrons. The monoisotopic (exact) mass is 302 g/mol. The summed E-state index contributed by atoms with van der Waals surface area (Å²) in [7, 11) is 0. The zero-order valence-electron chi connectivity index (χ0n) is 12.9. The first-order chi connectivity index (χ1) is 10.6. The molecule has 1 N–H and O–H groups in total. The fraction of sp³-hybridized carbons (Fsp3) is 0.333. The second-order valence-corrected chi connectivity index (χ2v) is 5.17. The highest BCUT2D eigenvalue weighted by molar-refractivity contribution is 5.37. The smallest absolute Gasteiger partial charge is 0.178 e. The minimum Gasteiger partial charge on any atom is -0.457 e. The van der Waals surface area contributed by atoms with Gasteiger partial charge in [0, 0.05) is 5.56 Å². The van der Waals surface area contributed by atoms with Gasteiger partial charge in [-0.2, -0.15) is 0 Å². The van der Waals surface area contributed by atoms with Crippen LogP contribution in [0.3, 0.4) is 0 Å². The van der Waals surface area contributed by atoms with Gasteiger partial charge in [0.05, 0.1) is 19.3 Å². The lowest BCUT2D eigenvalue weighted by Crippen LogP contribution is -2.21. The molecule has 0 amide bonds. The van der Waals surface area contributed by atoms with E-state index in [-0.39, 0.29) is 19.3 Å². The summed E-state index contributed by atoms with van der Waals surface area (Å²) in [6, 6.07) is 17.2. The van der Waals surface area contributed by atoms with E-state index in [0.29, 0.717) is 5.75 Å². The number of hydrogen-bond acceptors (Lipinski definition) is 4. The van der Waals surface area contributed by atoms with Crippen LogP contribution in [0.5, 0.6) is 11.5 Å². The van der Waals surface area contributed by atoms with E-state index in [1.807, 2.05) is 68.4 Å². The molecule has 0 saturated heterocycles. The van der Waals surface area contributed by atoms with E-state index in [2.05, 4.69) is 0 Å². The molecule has 0 spiro atoms. The average Bonchev–Trinajstić information content (AvgIpc) is 2.53. The van der Waals surface area contributed by atoms with Crippen LogP contribution in [-0.2, 0) is 16.1 Å². The predicted octanol–water partition coefficient (Wildman–Crippen LogP) is 3.74. The van der Waals surface area contributed by atoms with Crippen LogP contribution in [0.25, 0.3) is 0 Å². The van der Waals surface area contributed by atoms with Gasteiger partial charge in [-0.3, -0.25) is 0 Å². The summed E-state index contributed by atoms with van der Waals surface area (Å²) in [6.07, 6.45) is -0.890. The minimum atomic E-state index is -0.952. The van der Waals surface area contributed by atoms with E-state index >= 15 is 0 Å². The van der Waals surface area contributed by atoms with Gasteiger partial charge in [0.1, 0.15) is 11.5 Å². The fourth-order valence-corrected chi connectivity index (χ4v) is 1.85. The molecule has 4 nitrogen and oxygen atoms in total. The summed E-state index contributed by atoms with van der Waals surface area (Å²) >= 11 is 0. The lowest BCUT2D eigenvalue weighted by molar-refractivity contribution is -0.152. The van der Waals surface area contributed by atoms with Gasteiger partial charge < -0.3 is 19.3 Å². The van der Waals surface area contributed by atoms with Crippen molar-refractivity contribution < 1.29 is 19.3 Å². The first-order valence-electron chi connectivity index (χ1n) is 7.37. The predicted molar refractivity (Wildman–Crippen MR) is 84.8 cm³/mol. The quantitative estimate of drug-likeness (QED) is 0.755. The molecule has 0 radical (unpaired) electrons. The first-order valence-corrected chi connectivity index (χ1v) is 7.37. The second-order valence-electron chi connectivity index (χ2n) is 5.17. The highest BCUT2D eigenvalue weighted by Gasteiger charge is 2.09. The maximum atomic E-state index is 9.75. The molecule has 0 aliphatic rings. The molecule has 0 saturated carbocycles. The van der Waals surface area contributed by atoms with Crippen molar-refractivity contribution >= 4 is 0 Å². The summed E-state index contributed by atoms with van der Waals surface area (Å²) in [5.41, 5.74) is 0.870. The molecule has 0 aliphatic carbocycles. The number of hydrogen-bond donors (Lipinski definition) is 1. The van der Waals surface area contributed by atoms with Crippen LogP contribution in [0.1, 0.15) is 19.4 Å². The van der Waals surface area contributed by atoms with Crippen molar-refractivity contribution in [3.05, 3.63) is 60.2 Å². The van der Waals surface area contributed by atoms with E-state index in [1.165, 1.54) is 0 Å². The van der Waals surface area contributed by atoms with Gasteiger partial charge >= 0.3 is 0 Å². The standard InChI is InChI=1S/C18H22O4/c1-14(2)20-13-18(19)21-12-15-8-6-7-11-17(15)22-16-9-4-3-5-10-16/h3-11,14,18-19H,12-13H2,1-2H3. The number of aliphatic hydroxyl groups is 1. The highest BCUT2D eigenvalue weighted by Crippen LogP contribution is 2.25. The molecule has 0 aliphatic heterocycles. The van der Waals surface area contributed by atoms with Crippen molar-refractivity contribution in [1.82, 2.24) is 0 Å². The highest BCUT2D eigenvalue weighted by atomic mass is 16.6. The summed E-state index contributed by atoms with van der Waals surface area (Å²) < 4.78 is 16.6. The summed E-state index contributed by atoms with van der Waals surface area (Å²) in [6.45, 7) is 4.23. The summed E-state index contributed by atoms with van der Waals surface area (Å²) in [4.78, 5) is 0. The molecule has 0 heterocycles. The van der Waals surface area contributed by atoms with Gasteiger partial charge in [-0.1, -0.05) is 36.4 Å². The van der Waals surface area contributed by atoms with Gasteiger partial charge in [0.25, 0.3) is 0 Å². The number of benzene rings is 2. The van der Waals surface area contributed by atoms with E-state index in [9.17, 15) is 5.11 Å². The fourth-order valence-electron chi connectivity index (χ4n) is 1.85. The van der Waals surface area contributed by atoms with Gasteiger partial charge in [-0.25, -0.2) is 0 Å². The maximum Gasteiger partial charge on any atom is 0.178 e. The normalized spacial score (nSPS) is 12.4. The van der Waals surface area contributed by atoms with Crippen molar-refractivity contribution in [2.75, 3.05) is 6.61 Å². The van der Waals surface area contributed by atoms with Gasteiger partial charge in [-0.05, 0) is 32.0 Å². The Morgan fingerprint density at radius 3 is 2.32 bits per heavy atom. The summed E-state index contributed by atoms with van der Waals surface area (Å²) in [5.74, 6) is 1.48. The van der Waals surface area contributed by atoms with Gasteiger partial charge in [-0.15, -0.1) is 0 Å². The molecule has 2 aromatic carbocycles. The van der Waals surface area contributed by atoms with Crippen molar-refractivity contribution in [2.24, 2.45) is 0 Å². The zero-order chi connectivity index (χ0) is 15.8. The Hall–Kier alpha value is -1.88. The van der Waals surface area contributed by atoms with Crippen LogP contribution >= 0.6 is 0 Å². The van der Waals surface area contributed by atoms with Crippen LogP contribution in [-0.4, -0.2) is 24.1 Å². The molecular weight excluding hydrogens is 280 g/mol. The number of para-hydroxylation sites is 2. The van der Waals surface area contributed by atoms with Crippen LogP contribution in [0.4, 0.5) is 0 Å². The van der Waals surface area contributed by atoms with E-state index in [1.54, 1.807) is 0 Å². The Kier molecular flexibility index (Phi) is 6.40. The third kappa shape index (κ3) is 5.48. The Morgan fingerprint density at radius 1 is 0.909 bits per heavy atom. The lowest BCUT2D eigenvalue weighted by atomic mass is 10.2. The van der Waals surface area contributed by atoms with E-state index in [0.717, 1.165) is 11.3 Å². The number of rotatable bonds is 8. The lowest BCUT2D eigenvalue weighted by Gasteiger charge is -2.16. The number of ether oxygens (including phenoxy) is 3. The molecule has 2 rings (SSSR count). The largest absolute Gasteiger partial charge is 0.457 e. The second kappa shape index (κ2) is 8.54. The minimum absolute atomic E-state index is 0.0620. The van der Waals surface area contributed by atoms with Crippen LogP contribution in [0.15, 0.2) is 54.6 Å².